The quantitative estimate of drug-likeness (QED) is 0.610. The lowest BCUT2D eigenvalue weighted by Gasteiger charge is -2.21. The molecule has 0 amide bonds. The summed E-state index contributed by atoms with van der Waals surface area (Å²) in [6.45, 7) is 10.2. The standard InChI is InChI=1S/C13H30N4O/c1-16-8-3-9-17(2)11-5-15-7-13-18-12-6-14-4-10-16/h14-15H,3-13H2,1-2H3. The maximum atomic E-state index is 5.54. The Kier molecular flexibility index (Phi) is 9.42. The Bertz CT molecular complexity index is 174. The van der Waals surface area contributed by atoms with Crippen LogP contribution in [0.15, 0.2) is 0 Å². The summed E-state index contributed by atoms with van der Waals surface area (Å²) in [6, 6.07) is 0. The average molecular weight is 258 g/mol. The van der Waals surface area contributed by atoms with Gasteiger partial charge in [-0.2, -0.15) is 0 Å². The van der Waals surface area contributed by atoms with E-state index >= 15 is 0 Å². The third kappa shape index (κ3) is 8.83. The van der Waals surface area contributed by atoms with Crippen LogP contribution in [0.3, 0.4) is 0 Å². The molecule has 0 saturated carbocycles. The van der Waals surface area contributed by atoms with Gasteiger partial charge in [-0.1, -0.05) is 0 Å². The largest absolute Gasteiger partial charge is 0.379 e. The van der Waals surface area contributed by atoms with Gasteiger partial charge in [0.15, 0.2) is 0 Å². The summed E-state index contributed by atoms with van der Waals surface area (Å²) < 4.78 is 5.54. The number of ether oxygens (including phenoxy) is 1. The van der Waals surface area contributed by atoms with Crippen molar-refractivity contribution in [1.82, 2.24) is 20.4 Å². The van der Waals surface area contributed by atoms with E-state index in [2.05, 4.69) is 34.5 Å². The van der Waals surface area contributed by atoms with E-state index in [1.54, 1.807) is 0 Å². The number of rotatable bonds is 0. The van der Waals surface area contributed by atoms with Crippen LogP contribution in [0.4, 0.5) is 0 Å². The van der Waals surface area contributed by atoms with Crippen LogP contribution in [0.1, 0.15) is 6.42 Å². The zero-order valence-electron chi connectivity index (χ0n) is 12.1. The summed E-state index contributed by atoms with van der Waals surface area (Å²) in [5, 5.41) is 6.82. The molecule has 5 heteroatoms. The van der Waals surface area contributed by atoms with E-state index in [1.165, 1.54) is 19.5 Å². The van der Waals surface area contributed by atoms with Crippen LogP contribution in [0.5, 0.6) is 0 Å². The summed E-state index contributed by atoms with van der Waals surface area (Å²) in [5.41, 5.74) is 0. The Morgan fingerprint density at radius 3 is 1.72 bits per heavy atom. The predicted octanol–water partition coefficient (Wildman–Crippen LogP) is -0.550. The van der Waals surface area contributed by atoms with Gasteiger partial charge in [0.1, 0.15) is 0 Å². The monoisotopic (exact) mass is 258 g/mol. The van der Waals surface area contributed by atoms with E-state index in [4.69, 9.17) is 4.74 Å². The third-order valence-electron chi connectivity index (χ3n) is 3.27. The summed E-state index contributed by atoms with van der Waals surface area (Å²) in [4.78, 5) is 4.79. The van der Waals surface area contributed by atoms with Crippen LogP contribution in [-0.2, 0) is 4.74 Å². The normalized spacial score (nSPS) is 25.0. The lowest BCUT2D eigenvalue weighted by atomic mass is 10.3. The summed E-state index contributed by atoms with van der Waals surface area (Å²) in [5.74, 6) is 0. The van der Waals surface area contributed by atoms with E-state index in [-0.39, 0.29) is 0 Å². The van der Waals surface area contributed by atoms with Crippen molar-refractivity contribution in [1.29, 1.82) is 0 Å². The summed E-state index contributed by atoms with van der Waals surface area (Å²) in [7, 11) is 4.39. The predicted molar refractivity (Wildman–Crippen MR) is 76.2 cm³/mol. The molecule has 0 aromatic rings. The molecule has 1 aliphatic rings. The van der Waals surface area contributed by atoms with E-state index in [9.17, 15) is 0 Å². The van der Waals surface area contributed by atoms with Crippen molar-refractivity contribution in [2.45, 2.75) is 6.42 Å². The van der Waals surface area contributed by atoms with Gasteiger partial charge in [0.05, 0.1) is 13.2 Å². The average Bonchev–Trinajstić information content (AvgIpc) is 2.34. The first-order chi connectivity index (χ1) is 8.79. The second-order valence-electron chi connectivity index (χ2n) is 5.07. The van der Waals surface area contributed by atoms with Crippen LogP contribution in [-0.4, -0.2) is 89.5 Å². The molecule has 0 aromatic carbocycles. The highest BCUT2D eigenvalue weighted by molar-refractivity contribution is 4.60. The van der Waals surface area contributed by atoms with Gasteiger partial charge in [0.2, 0.25) is 0 Å². The van der Waals surface area contributed by atoms with Gasteiger partial charge in [0.25, 0.3) is 0 Å². The lowest BCUT2D eigenvalue weighted by molar-refractivity contribution is 0.136. The minimum absolute atomic E-state index is 0.811. The van der Waals surface area contributed by atoms with Gasteiger partial charge in [-0.25, -0.2) is 0 Å². The third-order valence-corrected chi connectivity index (χ3v) is 3.27. The van der Waals surface area contributed by atoms with E-state index in [0.717, 1.165) is 52.5 Å². The molecule has 0 aromatic heterocycles. The van der Waals surface area contributed by atoms with Gasteiger partial charge in [-0.05, 0) is 33.6 Å². The van der Waals surface area contributed by atoms with Gasteiger partial charge >= 0.3 is 0 Å². The van der Waals surface area contributed by atoms with Crippen LogP contribution in [0, 0.1) is 0 Å². The van der Waals surface area contributed by atoms with E-state index in [1.807, 2.05) is 0 Å². The van der Waals surface area contributed by atoms with Crippen LogP contribution in [0.25, 0.3) is 0 Å². The molecule has 0 aliphatic carbocycles. The SMILES string of the molecule is CN1CCCN(C)CCNCCOCCNCC1. The van der Waals surface area contributed by atoms with Crippen LogP contribution >= 0.6 is 0 Å². The van der Waals surface area contributed by atoms with Gasteiger partial charge < -0.3 is 25.2 Å². The maximum Gasteiger partial charge on any atom is 0.0591 e. The summed E-state index contributed by atoms with van der Waals surface area (Å²) in [6.07, 6.45) is 1.25. The molecule has 0 unspecified atom stereocenters. The van der Waals surface area contributed by atoms with Crippen molar-refractivity contribution in [2.75, 3.05) is 79.7 Å². The first-order valence-electron chi connectivity index (χ1n) is 7.15. The minimum Gasteiger partial charge on any atom is -0.379 e. The Balaban J connectivity index is 2.18. The molecule has 1 heterocycles. The fourth-order valence-corrected chi connectivity index (χ4v) is 2.01. The summed E-state index contributed by atoms with van der Waals surface area (Å²) >= 11 is 0. The van der Waals surface area contributed by atoms with Crippen molar-refractivity contribution in [2.24, 2.45) is 0 Å². The number of likely N-dealkylation sites (N-methyl/N-ethyl adjacent to an activating group) is 2. The smallest absolute Gasteiger partial charge is 0.0591 e. The molecule has 0 spiro atoms. The Morgan fingerprint density at radius 2 is 1.22 bits per heavy atom. The molecule has 108 valence electrons. The Labute approximate surface area is 112 Å². The first-order valence-corrected chi connectivity index (χ1v) is 7.15. The van der Waals surface area contributed by atoms with E-state index in [0.29, 0.717) is 0 Å². The van der Waals surface area contributed by atoms with Crippen LogP contribution < -0.4 is 10.6 Å². The van der Waals surface area contributed by atoms with Crippen molar-refractivity contribution in [3.63, 3.8) is 0 Å². The number of nitrogens with zero attached hydrogens (tertiary/aromatic N) is 2. The minimum atomic E-state index is 0.811. The molecule has 0 bridgehead atoms. The molecule has 1 rings (SSSR count). The Hall–Kier alpha value is -0.200. The fraction of sp³-hybridized carbons (Fsp3) is 1.00. The molecule has 1 fully saturated rings. The van der Waals surface area contributed by atoms with E-state index < -0.39 is 0 Å². The number of hydrogen-bond donors (Lipinski definition) is 2. The highest BCUT2D eigenvalue weighted by atomic mass is 16.5. The molecule has 18 heavy (non-hydrogen) atoms. The first kappa shape index (κ1) is 15.9. The number of hydrogen-bond acceptors (Lipinski definition) is 5. The van der Waals surface area contributed by atoms with Crippen molar-refractivity contribution in [3.8, 4) is 0 Å². The van der Waals surface area contributed by atoms with Gasteiger partial charge in [-0.3, -0.25) is 0 Å². The molecule has 1 aliphatic heterocycles. The highest BCUT2D eigenvalue weighted by Crippen LogP contribution is 1.91. The fourth-order valence-electron chi connectivity index (χ4n) is 2.01. The van der Waals surface area contributed by atoms with Gasteiger partial charge in [0, 0.05) is 39.3 Å². The molecule has 0 atom stereocenters. The molecule has 2 N–H and O–H groups in total. The second-order valence-corrected chi connectivity index (χ2v) is 5.07. The van der Waals surface area contributed by atoms with Gasteiger partial charge in [-0.15, -0.1) is 0 Å². The molecule has 1 saturated heterocycles. The van der Waals surface area contributed by atoms with Crippen molar-refractivity contribution in [3.05, 3.63) is 0 Å². The molecule has 5 nitrogen and oxygen atoms in total. The molecular weight excluding hydrogens is 228 g/mol. The Morgan fingerprint density at radius 1 is 0.722 bits per heavy atom. The second kappa shape index (κ2) is 10.7. The van der Waals surface area contributed by atoms with Crippen molar-refractivity contribution >= 4 is 0 Å². The zero-order valence-corrected chi connectivity index (χ0v) is 12.1. The van der Waals surface area contributed by atoms with Crippen LogP contribution in [0.2, 0.25) is 0 Å². The topological polar surface area (TPSA) is 39.8 Å². The highest BCUT2D eigenvalue weighted by Gasteiger charge is 2.02. The maximum absolute atomic E-state index is 5.54. The number of nitrogens with one attached hydrogen (secondary N) is 2. The lowest BCUT2D eigenvalue weighted by Crippen LogP contribution is -2.35. The molecular formula is C13H30N4O. The zero-order chi connectivity index (χ0) is 13.1. The molecule has 0 radical (unpaired) electrons. The van der Waals surface area contributed by atoms with Crippen molar-refractivity contribution < 1.29 is 4.74 Å².